The van der Waals surface area contributed by atoms with Gasteiger partial charge in [0.1, 0.15) is 0 Å². The van der Waals surface area contributed by atoms with E-state index in [9.17, 15) is 22.2 Å². The summed E-state index contributed by atoms with van der Waals surface area (Å²) in [4.78, 5) is 17.5. The number of alkyl halides is 3. The predicted molar refractivity (Wildman–Crippen MR) is 120 cm³/mol. The van der Waals surface area contributed by atoms with Gasteiger partial charge in [-0.3, -0.25) is 9.00 Å². The molecule has 1 N–H and O–H groups in total. The summed E-state index contributed by atoms with van der Waals surface area (Å²) in [7, 11) is -1.27. The van der Waals surface area contributed by atoms with Gasteiger partial charge in [0, 0.05) is 38.4 Å². The van der Waals surface area contributed by atoms with Crippen LogP contribution in [0.15, 0.2) is 64.1 Å². The molecule has 0 aromatic heterocycles. The van der Waals surface area contributed by atoms with Gasteiger partial charge in [0.05, 0.1) is 22.2 Å². The second-order valence-electron chi connectivity index (χ2n) is 7.48. The first-order valence-electron chi connectivity index (χ1n) is 9.49. The molecule has 0 saturated carbocycles. The zero-order valence-corrected chi connectivity index (χ0v) is 19.2. The number of rotatable bonds is 4. The number of hydrogen-bond acceptors (Lipinski definition) is 4. The van der Waals surface area contributed by atoms with Crippen LogP contribution >= 0.6 is 23.2 Å². The monoisotopic (exact) mass is 514 g/mol. The molecule has 0 aliphatic carbocycles. The first-order chi connectivity index (χ1) is 15.5. The van der Waals surface area contributed by atoms with Crippen LogP contribution in [0, 0.1) is 6.92 Å². The molecule has 2 aromatic rings. The van der Waals surface area contributed by atoms with Gasteiger partial charge in [0.25, 0.3) is 11.5 Å². The second-order valence-corrected chi connectivity index (χ2v) is 9.52. The number of halogens is 5. The molecule has 1 amide bonds. The van der Waals surface area contributed by atoms with E-state index in [4.69, 9.17) is 28.0 Å². The van der Waals surface area contributed by atoms with Crippen molar-refractivity contribution in [2.24, 2.45) is 5.16 Å². The summed E-state index contributed by atoms with van der Waals surface area (Å²) in [6.45, 7) is 1.65. The predicted octanol–water partition coefficient (Wildman–Crippen LogP) is 5.73. The minimum atomic E-state index is -4.80. The van der Waals surface area contributed by atoms with Crippen LogP contribution < -0.4 is 5.32 Å². The van der Waals surface area contributed by atoms with Crippen molar-refractivity contribution < 1.29 is 27.0 Å². The number of hydrogen-bond donors (Lipinski definition) is 1. The smallest absolute Gasteiger partial charge is 0.374 e. The van der Waals surface area contributed by atoms with Crippen LogP contribution in [0.5, 0.6) is 0 Å². The highest BCUT2D eigenvalue weighted by Crippen LogP contribution is 2.49. The molecule has 2 heterocycles. The average Bonchev–Trinajstić information content (AvgIpc) is 3.34. The lowest BCUT2D eigenvalue weighted by atomic mass is 9.86. The van der Waals surface area contributed by atoms with Gasteiger partial charge in [0.15, 0.2) is 0 Å². The molecule has 2 aliphatic heterocycles. The number of oxime groups is 1. The molecular formula is C22H15Cl2F3N2O3S. The van der Waals surface area contributed by atoms with Crippen molar-refractivity contribution in [2.45, 2.75) is 25.1 Å². The van der Waals surface area contributed by atoms with E-state index >= 15 is 0 Å². The summed E-state index contributed by atoms with van der Waals surface area (Å²) in [5.74, 6) is -0.434. The van der Waals surface area contributed by atoms with E-state index in [0.29, 0.717) is 22.4 Å². The third kappa shape index (κ3) is 4.58. The van der Waals surface area contributed by atoms with Crippen molar-refractivity contribution in [3.8, 4) is 0 Å². The molecule has 0 spiro atoms. The Morgan fingerprint density at radius 1 is 1.18 bits per heavy atom. The van der Waals surface area contributed by atoms with Gasteiger partial charge in [-0.15, -0.1) is 0 Å². The SMILES string of the molecule is Cc1cc(C2=NO[C@@](c3cc(Cl)cc(Cl)c3)(C(F)(F)F)C2)ccc1C(=O)NC1=CS(=O)C=C1. The van der Waals surface area contributed by atoms with Crippen LogP contribution in [0.25, 0.3) is 0 Å². The fourth-order valence-electron chi connectivity index (χ4n) is 3.56. The lowest BCUT2D eigenvalue weighted by molar-refractivity contribution is -0.275. The minimum absolute atomic E-state index is 0.0421. The Bertz CT molecular complexity index is 1250. The lowest BCUT2D eigenvalue weighted by Gasteiger charge is -2.29. The highest BCUT2D eigenvalue weighted by atomic mass is 35.5. The van der Waals surface area contributed by atoms with Crippen molar-refractivity contribution in [3.63, 3.8) is 0 Å². The van der Waals surface area contributed by atoms with E-state index < -0.39 is 34.9 Å². The Morgan fingerprint density at radius 3 is 2.45 bits per heavy atom. The van der Waals surface area contributed by atoms with Crippen molar-refractivity contribution in [1.29, 1.82) is 0 Å². The topological polar surface area (TPSA) is 67.8 Å². The molecule has 1 unspecified atom stereocenters. The maximum Gasteiger partial charge on any atom is 0.435 e. The molecule has 11 heteroatoms. The number of carbonyl (C=O) groups is 1. The molecule has 4 rings (SSSR count). The van der Waals surface area contributed by atoms with E-state index in [0.717, 1.165) is 12.1 Å². The van der Waals surface area contributed by atoms with Gasteiger partial charge in [-0.1, -0.05) is 34.4 Å². The number of allylic oxidation sites excluding steroid dienone is 1. The molecule has 172 valence electrons. The molecule has 2 atom stereocenters. The van der Waals surface area contributed by atoms with Crippen LogP contribution in [0.4, 0.5) is 13.2 Å². The van der Waals surface area contributed by atoms with E-state index in [-0.39, 0.29) is 21.3 Å². The van der Waals surface area contributed by atoms with Crippen LogP contribution in [-0.2, 0) is 21.2 Å². The number of carbonyl (C=O) groups excluding carboxylic acids is 1. The number of nitrogens with one attached hydrogen (secondary N) is 1. The maximum atomic E-state index is 14.2. The Hall–Kier alpha value is -2.62. The van der Waals surface area contributed by atoms with Gasteiger partial charge >= 0.3 is 6.18 Å². The normalized spacial score (nSPS) is 22.1. The van der Waals surface area contributed by atoms with Gasteiger partial charge in [-0.2, -0.15) is 13.2 Å². The zero-order chi connectivity index (χ0) is 24.0. The number of nitrogens with zero attached hydrogens (tertiary/aromatic N) is 1. The Labute approximate surface area is 199 Å². The third-order valence-electron chi connectivity index (χ3n) is 5.20. The van der Waals surface area contributed by atoms with Crippen molar-refractivity contribution >= 4 is 45.6 Å². The molecule has 2 aromatic carbocycles. The van der Waals surface area contributed by atoms with Crippen LogP contribution in [0.2, 0.25) is 10.0 Å². The van der Waals surface area contributed by atoms with E-state index in [1.165, 1.54) is 35.1 Å². The van der Waals surface area contributed by atoms with Crippen molar-refractivity contribution in [2.75, 3.05) is 0 Å². The van der Waals surface area contributed by atoms with Gasteiger partial charge in [-0.25, -0.2) is 0 Å². The van der Waals surface area contributed by atoms with E-state index in [2.05, 4.69) is 10.5 Å². The number of aryl methyl sites for hydroxylation is 1. The van der Waals surface area contributed by atoms with Crippen LogP contribution in [-0.4, -0.2) is 22.0 Å². The highest BCUT2D eigenvalue weighted by molar-refractivity contribution is 7.91. The summed E-state index contributed by atoms with van der Waals surface area (Å²) >= 11 is 11.8. The Morgan fingerprint density at radius 2 is 1.88 bits per heavy atom. The largest absolute Gasteiger partial charge is 0.435 e. The summed E-state index contributed by atoms with van der Waals surface area (Å²) in [6.07, 6.45) is -3.87. The molecule has 33 heavy (non-hydrogen) atoms. The first-order valence-corrected chi connectivity index (χ1v) is 11.5. The standard InChI is InChI=1S/C22H15Cl2F3N2O3S/c1-12-6-13(2-3-18(12)20(30)28-17-4-5-33(31)11-17)19-10-21(32-29-19,22(25,26)27)14-7-15(23)9-16(24)8-14/h2-9,11H,10H2,1H3,(H,28,30)/t21-,33?/m0/s1. The Kier molecular flexibility index (Phi) is 6.15. The highest BCUT2D eigenvalue weighted by Gasteiger charge is 2.62. The average molecular weight is 515 g/mol. The fourth-order valence-corrected chi connectivity index (χ4v) is 4.83. The third-order valence-corrected chi connectivity index (χ3v) is 6.53. The van der Waals surface area contributed by atoms with Crippen molar-refractivity contribution in [1.82, 2.24) is 5.32 Å². The van der Waals surface area contributed by atoms with E-state index in [1.54, 1.807) is 13.0 Å². The molecule has 0 saturated heterocycles. The van der Waals surface area contributed by atoms with E-state index in [1.807, 2.05) is 0 Å². The fraction of sp³-hybridized carbons (Fsp3) is 0.182. The summed E-state index contributed by atoms with van der Waals surface area (Å²) in [5, 5.41) is 9.27. The summed E-state index contributed by atoms with van der Waals surface area (Å²) < 4.78 is 53.8. The number of amides is 1. The number of benzene rings is 2. The molecule has 5 nitrogen and oxygen atoms in total. The van der Waals surface area contributed by atoms with Gasteiger partial charge < -0.3 is 10.2 Å². The maximum absolute atomic E-state index is 14.2. The van der Waals surface area contributed by atoms with Crippen molar-refractivity contribution in [3.05, 3.63) is 91.3 Å². The first kappa shape index (κ1) is 23.5. The van der Waals surface area contributed by atoms with Crippen LogP contribution in [0.1, 0.15) is 33.5 Å². The molecule has 2 aliphatic rings. The lowest BCUT2D eigenvalue weighted by Crippen LogP contribution is -2.42. The Balaban J connectivity index is 1.61. The molecule has 0 fully saturated rings. The van der Waals surface area contributed by atoms with Crippen LogP contribution in [0.3, 0.4) is 0 Å². The molecule has 0 radical (unpaired) electrons. The molecule has 0 bridgehead atoms. The molecular weight excluding hydrogens is 500 g/mol. The minimum Gasteiger partial charge on any atom is -0.374 e. The summed E-state index contributed by atoms with van der Waals surface area (Å²) in [6, 6.07) is 8.18. The quantitative estimate of drug-likeness (QED) is 0.566. The van der Waals surface area contributed by atoms with Gasteiger partial charge in [-0.05, 0) is 54.5 Å². The summed E-state index contributed by atoms with van der Waals surface area (Å²) in [5.41, 5.74) is -1.31. The zero-order valence-electron chi connectivity index (χ0n) is 16.9. The second kappa shape index (κ2) is 8.62. The van der Waals surface area contributed by atoms with Gasteiger partial charge in [0.2, 0.25) is 0 Å².